The van der Waals surface area contributed by atoms with Crippen molar-refractivity contribution in [3.63, 3.8) is 0 Å². The van der Waals surface area contributed by atoms with E-state index in [0.717, 1.165) is 22.5 Å². The molecule has 190 valence electrons. The van der Waals surface area contributed by atoms with Gasteiger partial charge in [0.05, 0.1) is 18.6 Å². The first-order chi connectivity index (χ1) is 17.8. The molecule has 10 heteroatoms. The quantitative estimate of drug-likeness (QED) is 0.285. The summed E-state index contributed by atoms with van der Waals surface area (Å²) in [6.07, 6.45) is 1.84. The molecule has 1 saturated heterocycles. The monoisotopic (exact) mass is 502 g/mol. The number of aryl methyl sites for hydroxylation is 2. The summed E-state index contributed by atoms with van der Waals surface area (Å²) in [4.78, 5) is 56.5. The molecule has 0 aliphatic carbocycles. The molecule has 0 saturated carbocycles. The Hall–Kier alpha value is -4.49. The van der Waals surface area contributed by atoms with Crippen LogP contribution in [0, 0.1) is 25.7 Å². The Balaban J connectivity index is 1.19. The third-order valence-corrected chi connectivity index (χ3v) is 5.65. The number of ether oxygens (including phenoxy) is 1. The predicted octanol–water partition coefficient (Wildman–Crippen LogP) is 2.25. The van der Waals surface area contributed by atoms with Crippen LogP contribution in [0.25, 0.3) is 5.65 Å². The predicted molar refractivity (Wildman–Crippen MR) is 132 cm³/mol. The third kappa shape index (κ3) is 6.39. The molecule has 1 aliphatic rings. The van der Waals surface area contributed by atoms with Crippen molar-refractivity contribution in [1.82, 2.24) is 19.8 Å². The van der Waals surface area contributed by atoms with Crippen molar-refractivity contribution in [1.29, 1.82) is 0 Å². The first-order valence-electron chi connectivity index (χ1n) is 11.8. The Morgan fingerprint density at radius 2 is 1.81 bits per heavy atom. The number of carbonyl (C=O) groups is 4. The van der Waals surface area contributed by atoms with E-state index in [4.69, 9.17) is 9.57 Å². The molecule has 0 spiro atoms. The van der Waals surface area contributed by atoms with Crippen LogP contribution in [0.15, 0.2) is 42.6 Å². The molecule has 1 N–H and O–H groups in total. The van der Waals surface area contributed by atoms with Crippen LogP contribution in [-0.2, 0) is 30.5 Å². The number of amides is 3. The first kappa shape index (κ1) is 25.6. The van der Waals surface area contributed by atoms with Crippen molar-refractivity contribution in [2.24, 2.45) is 0 Å². The topological polar surface area (TPSA) is 119 Å². The summed E-state index contributed by atoms with van der Waals surface area (Å²) < 4.78 is 7.19. The molecular formula is C27H26N4O6. The average Bonchev–Trinajstić information content (AvgIpc) is 3.44. The van der Waals surface area contributed by atoms with E-state index in [2.05, 4.69) is 22.1 Å². The molecule has 1 fully saturated rings. The molecule has 2 aromatic heterocycles. The molecule has 0 bridgehead atoms. The Morgan fingerprint density at radius 3 is 2.54 bits per heavy atom. The Kier molecular flexibility index (Phi) is 7.95. The summed E-state index contributed by atoms with van der Waals surface area (Å²) in [5, 5.41) is 3.44. The molecule has 37 heavy (non-hydrogen) atoms. The number of aromatic nitrogens is 2. The second kappa shape index (κ2) is 11.5. The lowest BCUT2D eigenvalue weighted by atomic mass is 10.1. The third-order valence-electron chi connectivity index (χ3n) is 5.65. The SMILES string of the molecule is Cc1cc(C)n2ccc(C(=O)NCc3ccc(C#CCOCCC(=O)ON4C(=O)CCC4=O)cc3)c2n1. The van der Waals surface area contributed by atoms with E-state index in [1.54, 1.807) is 6.07 Å². The van der Waals surface area contributed by atoms with Crippen molar-refractivity contribution in [3.8, 4) is 11.8 Å². The fourth-order valence-corrected chi connectivity index (χ4v) is 3.78. The summed E-state index contributed by atoms with van der Waals surface area (Å²) in [7, 11) is 0. The molecule has 4 rings (SSSR count). The Labute approximate surface area is 213 Å². The van der Waals surface area contributed by atoms with Crippen LogP contribution in [0.1, 0.15) is 52.1 Å². The standard InChI is InChI=1S/C27H26N4O6/c1-18-16-19(2)30-13-11-22(26(30)29-18)27(35)28-17-21-7-5-20(6-8-21)4-3-14-36-15-12-25(34)37-31-23(32)9-10-24(31)33/h5-8,11,13,16H,9-10,12,14-15,17H2,1-2H3,(H,28,35). The minimum absolute atomic E-state index is 0.0498. The Morgan fingerprint density at radius 1 is 1.08 bits per heavy atom. The normalized spacial score (nSPS) is 13.0. The van der Waals surface area contributed by atoms with Gasteiger partial charge in [-0.05, 0) is 43.7 Å². The molecule has 0 radical (unpaired) electrons. The van der Waals surface area contributed by atoms with Gasteiger partial charge in [0.2, 0.25) is 0 Å². The van der Waals surface area contributed by atoms with E-state index < -0.39 is 17.8 Å². The van der Waals surface area contributed by atoms with E-state index in [9.17, 15) is 19.2 Å². The maximum Gasteiger partial charge on any atom is 0.335 e. The van der Waals surface area contributed by atoms with Gasteiger partial charge in [-0.3, -0.25) is 14.4 Å². The highest BCUT2D eigenvalue weighted by Gasteiger charge is 2.32. The highest BCUT2D eigenvalue weighted by atomic mass is 16.7. The van der Waals surface area contributed by atoms with Gasteiger partial charge < -0.3 is 19.3 Å². The summed E-state index contributed by atoms with van der Waals surface area (Å²) in [5.41, 5.74) is 4.73. The number of nitrogens with zero attached hydrogens (tertiary/aromatic N) is 3. The lowest BCUT2D eigenvalue weighted by molar-refractivity contribution is -0.198. The minimum atomic E-state index is -0.717. The van der Waals surface area contributed by atoms with Crippen LogP contribution in [-0.4, -0.2) is 51.4 Å². The molecule has 3 heterocycles. The van der Waals surface area contributed by atoms with Gasteiger partial charge in [-0.15, -0.1) is 5.06 Å². The van der Waals surface area contributed by atoms with Gasteiger partial charge >= 0.3 is 5.97 Å². The minimum Gasteiger partial charge on any atom is -0.368 e. The molecule has 1 aliphatic heterocycles. The number of rotatable bonds is 8. The number of hydrogen-bond acceptors (Lipinski definition) is 7. The molecule has 3 amide bonds. The number of hydrogen-bond donors (Lipinski definition) is 1. The van der Waals surface area contributed by atoms with Crippen molar-refractivity contribution >= 4 is 29.3 Å². The van der Waals surface area contributed by atoms with Crippen LogP contribution >= 0.6 is 0 Å². The van der Waals surface area contributed by atoms with Gasteiger partial charge in [-0.1, -0.05) is 24.0 Å². The van der Waals surface area contributed by atoms with Crippen molar-refractivity contribution < 1.29 is 28.8 Å². The summed E-state index contributed by atoms with van der Waals surface area (Å²) in [6, 6.07) is 11.2. The lowest BCUT2D eigenvalue weighted by Gasteiger charge is -2.12. The highest BCUT2D eigenvalue weighted by Crippen LogP contribution is 2.15. The maximum atomic E-state index is 12.7. The van der Waals surface area contributed by atoms with E-state index in [1.807, 2.05) is 54.8 Å². The first-order valence-corrected chi connectivity index (χ1v) is 11.8. The number of carbonyl (C=O) groups excluding carboxylic acids is 4. The summed E-state index contributed by atoms with van der Waals surface area (Å²) >= 11 is 0. The zero-order chi connectivity index (χ0) is 26.4. The van der Waals surface area contributed by atoms with E-state index >= 15 is 0 Å². The average molecular weight is 503 g/mol. The number of imide groups is 1. The molecule has 3 aromatic rings. The lowest BCUT2D eigenvalue weighted by Crippen LogP contribution is -2.32. The van der Waals surface area contributed by atoms with Crippen LogP contribution in [0.2, 0.25) is 0 Å². The number of nitrogens with one attached hydrogen (secondary N) is 1. The molecule has 0 atom stereocenters. The number of hydroxylamine groups is 2. The van der Waals surface area contributed by atoms with Crippen molar-refractivity contribution in [2.45, 2.75) is 39.7 Å². The van der Waals surface area contributed by atoms with Crippen LogP contribution in [0.3, 0.4) is 0 Å². The van der Waals surface area contributed by atoms with E-state index in [0.29, 0.717) is 22.8 Å². The smallest absolute Gasteiger partial charge is 0.335 e. The van der Waals surface area contributed by atoms with Gasteiger partial charge in [-0.25, -0.2) is 9.78 Å². The number of benzene rings is 1. The van der Waals surface area contributed by atoms with Gasteiger partial charge in [0.25, 0.3) is 17.7 Å². The fraction of sp³-hybridized carbons (Fsp3) is 0.296. The summed E-state index contributed by atoms with van der Waals surface area (Å²) in [5.74, 6) is 3.87. The molecule has 10 nitrogen and oxygen atoms in total. The largest absolute Gasteiger partial charge is 0.368 e. The van der Waals surface area contributed by atoms with Gasteiger partial charge in [0.1, 0.15) is 12.3 Å². The zero-order valence-corrected chi connectivity index (χ0v) is 20.6. The van der Waals surface area contributed by atoms with Gasteiger partial charge in [0.15, 0.2) is 0 Å². The second-order valence-electron chi connectivity index (χ2n) is 8.49. The van der Waals surface area contributed by atoms with Crippen LogP contribution < -0.4 is 5.32 Å². The molecular weight excluding hydrogens is 476 g/mol. The van der Waals surface area contributed by atoms with E-state index in [1.165, 1.54) is 0 Å². The van der Waals surface area contributed by atoms with Crippen molar-refractivity contribution in [3.05, 3.63) is 70.7 Å². The highest BCUT2D eigenvalue weighted by molar-refractivity contribution is 6.01. The molecule has 0 unspecified atom stereocenters. The fourth-order valence-electron chi connectivity index (χ4n) is 3.78. The molecule has 1 aromatic carbocycles. The summed E-state index contributed by atoms with van der Waals surface area (Å²) in [6.45, 7) is 4.39. The Bertz CT molecular complexity index is 1400. The van der Waals surface area contributed by atoms with Gasteiger partial charge in [0, 0.05) is 42.5 Å². The zero-order valence-electron chi connectivity index (χ0n) is 20.6. The van der Waals surface area contributed by atoms with Crippen LogP contribution in [0.4, 0.5) is 0 Å². The second-order valence-corrected chi connectivity index (χ2v) is 8.49. The van der Waals surface area contributed by atoms with Gasteiger partial charge in [-0.2, -0.15) is 0 Å². The number of fused-ring (bicyclic) bond motifs is 1. The van der Waals surface area contributed by atoms with E-state index in [-0.39, 0.29) is 38.4 Å². The van der Waals surface area contributed by atoms with Crippen molar-refractivity contribution in [2.75, 3.05) is 13.2 Å². The van der Waals surface area contributed by atoms with Crippen LogP contribution in [0.5, 0.6) is 0 Å². The maximum absolute atomic E-state index is 12.7.